The molecular weight excluding hydrogens is 270 g/mol. The lowest BCUT2D eigenvalue weighted by molar-refractivity contribution is 0.526. The second kappa shape index (κ2) is 23.2. The average Bonchev–Trinajstić information content (AvgIpc) is 2.50. The third-order valence-corrected chi connectivity index (χ3v) is 4.46. The van der Waals surface area contributed by atoms with E-state index in [0.29, 0.717) is 0 Å². The van der Waals surface area contributed by atoms with Gasteiger partial charge in [0.25, 0.3) is 0 Å². The molecule has 0 rings (SSSR count). The number of rotatable bonds is 18. The average molecular weight is 316 g/mol. The van der Waals surface area contributed by atoms with Gasteiger partial charge in [-0.25, -0.2) is 0 Å². The first-order valence-electron chi connectivity index (χ1n) is 10.1. The molecule has 0 amide bonds. The van der Waals surface area contributed by atoms with Crippen LogP contribution >= 0.6 is 0 Å². The monoisotopic (exact) mass is 315 g/mol. The Labute approximate surface area is 141 Å². The number of unbranched alkanes of at least 4 members (excludes halogenated alkanes) is 15. The Bertz CT molecular complexity index is 155. The molecule has 0 saturated carbocycles. The van der Waals surface area contributed by atoms with E-state index >= 15 is 0 Å². The number of hydrogen-bond acceptors (Lipinski definition) is 1. The quantitative estimate of drug-likeness (QED) is 0.308. The first-order chi connectivity index (χ1) is 10.4. The second-order valence-electron chi connectivity index (χ2n) is 6.66. The minimum atomic E-state index is 0. The lowest BCUT2D eigenvalue weighted by atomic mass is 10.0. The van der Waals surface area contributed by atoms with E-state index in [1.165, 1.54) is 109 Å². The van der Waals surface area contributed by atoms with Crippen LogP contribution in [0.15, 0.2) is 0 Å². The van der Waals surface area contributed by atoms with Gasteiger partial charge in [0.15, 0.2) is 0 Å². The van der Waals surface area contributed by atoms with Crippen molar-refractivity contribution < 1.29 is 5.48 Å². The molecule has 2 heteroatoms. The molecular formula is C20H45NO. The van der Waals surface area contributed by atoms with Crippen LogP contribution in [0.5, 0.6) is 0 Å². The second-order valence-corrected chi connectivity index (χ2v) is 6.66. The van der Waals surface area contributed by atoms with Crippen LogP contribution in [-0.4, -0.2) is 18.6 Å². The summed E-state index contributed by atoms with van der Waals surface area (Å²) in [6, 6.07) is 0. The molecule has 0 radical (unpaired) electrons. The maximum atomic E-state index is 3.40. The van der Waals surface area contributed by atoms with Crippen molar-refractivity contribution in [2.75, 3.05) is 13.1 Å². The lowest BCUT2D eigenvalue weighted by Gasteiger charge is -2.04. The van der Waals surface area contributed by atoms with Crippen molar-refractivity contribution in [3.8, 4) is 0 Å². The maximum Gasteiger partial charge on any atom is -0.00490 e. The Hall–Kier alpha value is -0.0800. The largest absolute Gasteiger partial charge is 0.412 e. The molecule has 0 bridgehead atoms. The summed E-state index contributed by atoms with van der Waals surface area (Å²) >= 11 is 0. The van der Waals surface area contributed by atoms with Gasteiger partial charge in [0, 0.05) is 0 Å². The Balaban J connectivity index is 0. The molecule has 136 valence electrons. The third-order valence-electron chi connectivity index (χ3n) is 4.46. The van der Waals surface area contributed by atoms with Crippen molar-refractivity contribution in [3.05, 3.63) is 0 Å². The van der Waals surface area contributed by atoms with Gasteiger partial charge in [0.05, 0.1) is 0 Å². The van der Waals surface area contributed by atoms with Crippen molar-refractivity contribution in [2.45, 2.75) is 117 Å². The fourth-order valence-electron chi connectivity index (χ4n) is 2.97. The molecule has 22 heavy (non-hydrogen) atoms. The zero-order valence-corrected chi connectivity index (χ0v) is 15.7. The van der Waals surface area contributed by atoms with Gasteiger partial charge in [-0.2, -0.15) is 0 Å². The van der Waals surface area contributed by atoms with Crippen molar-refractivity contribution >= 4 is 0 Å². The molecule has 0 aromatic heterocycles. The molecule has 0 aromatic carbocycles. The van der Waals surface area contributed by atoms with Gasteiger partial charge in [-0.05, 0) is 19.5 Å². The normalized spacial score (nSPS) is 10.6. The Morgan fingerprint density at radius 1 is 0.455 bits per heavy atom. The molecule has 0 aliphatic rings. The Kier molecular flexibility index (Phi) is 25.5. The highest BCUT2D eigenvalue weighted by Gasteiger charge is 1.94. The van der Waals surface area contributed by atoms with Crippen LogP contribution in [-0.2, 0) is 0 Å². The summed E-state index contributed by atoms with van der Waals surface area (Å²) in [7, 11) is 0. The van der Waals surface area contributed by atoms with Crippen LogP contribution in [0.3, 0.4) is 0 Å². The molecule has 0 saturated heterocycles. The van der Waals surface area contributed by atoms with Crippen molar-refractivity contribution in [2.24, 2.45) is 0 Å². The zero-order chi connectivity index (χ0) is 15.4. The van der Waals surface area contributed by atoms with Gasteiger partial charge in [-0.15, -0.1) is 0 Å². The first kappa shape index (κ1) is 24.2. The van der Waals surface area contributed by atoms with Crippen LogP contribution in [0.1, 0.15) is 117 Å². The number of nitrogens with one attached hydrogen (secondary N) is 1. The molecule has 0 aliphatic carbocycles. The molecule has 0 aromatic rings. The summed E-state index contributed by atoms with van der Waals surface area (Å²) in [4.78, 5) is 0. The topological polar surface area (TPSA) is 43.5 Å². The van der Waals surface area contributed by atoms with Crippen LogP contribution in [0.25, 0.3) is 0 Å². The predicted octanol–water partition coefficient (Wildman–Crippen LogP) is 6.03. The molecule has 0 atom stereocenters. The minimum Gasteiger partial charge on any atom is -0.412 e. The van der Waals surface area contributed by atoms with E-state index < -0.39 is 0 Å². The highest BCUT2D eigenvalue weighted by atomic mass is 16.0. The van der Waals surface area contributed by atoms with Gasteiger partial charge in [0.1, 0.15) is 0 Å². The highest BCUT2D eigenvalue weighted by molar-refractivity contribution is 4.50. The van der Waals surface area contributed by atoms with E-state index in [1.54, 1.807) is 0 Å². The molecule has 3 N–H and O–H groups in total. The maximum absolute atomic E-state index is 3.40. The van der Waals surface area contributed by atoms with Crippen molar-refractivity contribution in [1.82, 2.24) is 5.32 Å². The minimum absolute atomic E-state index is 0. The molecule has 2 nitrogen and oxygen atoms in total. The van der Waals surface area contributed by atoms with E-state index in [4.69, 9.17) is 0 Å². The van der Waals surface area contributed by atoms with Crippen LogP contribution in [0.2, 0.25) is 0 Å². The smallest absolute Gasteiger partial charge is 0.00490 e. The van der Waals surface area contributed by atoms with Crippen molar-refractivity contribution in [1.29, 1.82) is 0 Å². The fourth-order valence-corrected chi connectivity index (χ4v) is 2.97. The molecule has 0 fully saturated rings. The van der Waals surface area contributed by atoms with Gasteiger partial charge >= 0.3 is 0 Å². The molecule has 0 spiro atoms. The fraction of sp³-hybridized carbons (Fsp3) is 1.00. The van der Waals surface area contributed by atoms with E-state index in [2.05, 4.69) is 19.2 Å². The van der Waals surface area contributed by atoms with Crippen LogP contribution < -0.4 is 5.32 Å². The third kappa shape index (κ3) is 22.2. The van der Waals surface area contributed by atoms with Crippen molar-refractivity contribution in [3.63, 3.8) is 0 Å². The van der Waals surface area contributed by atoms with Gasteiger partial charge in [-0.3, -0.25) is 0 Å². The standard InChI is InChI=1S/C20H43N.H2O/c1-3-5-6-7-8-9-10-11-12-13-14-15-16-17-18-19-20-21-4-2;/h21H,3-20H2,1-2H3;1H2. The van der Waals surface area contributed by atoms with Gasteiger partial charge in [-0.1, -0.05) is 110 Å². The summed E-state index contributed by atoms with van der Waals surface area (Å²) in [5.41, 5.74) is 0. The Morgan fingerprint density at radius 3 is 1.09 bits per heavy atom. The summed E-state index contributed by atoms with van der Waals surface area (Å²) < 4.78 is 0. The SMILES string of the molecule is CCCCCCCCCCCCCCCCCCNCC.O. The lowest BCUT2D eigenvalue weighted by Crippen LogP contribution is -2.13. The summed E-state index contributed by atoms with van der Waals surface area (Å²) in [6.45, 7) is 6.82. The van der Waals surface area contributed by atoms with E-state index in [1.807, 2.05) is 0 Å². The Morgan fingerprint density at radius 2 is 0.773 bits per heavy atom. The summed E-state index contributed by atoms with van der Waals surface area (Å²) in [5.74, 6) is 0. The highest BCUT2D eigenvalue weighted by Crippen LogP contribution is 2.13. The summed E-state index contributed by atoms with van der Waals surface area (Å²) in [5, 5.41) is 3.40. The number of hydrogen-bond donors (Lipinski definition) is 1. The van der Waals surface area contributed by atoms with E-state index in [0.717, 1.165) is 6.54 Å². The van der Waals surface area contributed by atoms with E-state index in [9.17, 15) is 0 Å². The van der Waals surface area contributed by atoms with E-state index in [-0.39, 0.29) is 5.48 Å². The molecule has 0 aliphatic heterocycles. The zero-order valence-electron chi connectivity index (χ0n) is 15.7. The molecule has 0 unspecified atom stereocenters. The van der Waals surface area contributed by atoms with Crippen LogP contribution in [0.4, 0.5) is 0 Å². The summed E-state index contributed by atoms with van der Waals surface area (Å²) in [6.07, 6.45) is 23.3. The van der Waals surface area contributed by atoms with Crippen LogP contribution in [0, 0.1) is 0 Å². The first-order valence-corrected chi connectivity index (χ1v) is 10.1. The predicted molar refractivity (Wildman–Crippen MR) is 102 cm³/mol. The van der Waals surface area contributed by atoms with Gasteiger partial charge < -0.3 is 10.8 Å². The van der Waals surface area contributed by atoms with Gasteiger partial charge in [0.2, 0.25) is 0 Å². The molecule has 0 heterocycles.